The van der Waals surface area contributed by atoms with Crippen molar-refractivity contribution in [1.82, 2.24) is 44.9 Å². The number of hydrogen-bond acceptors (Lipinski definition) is 12. The smallest absolute Gasteiger partial charge is 0.240 e. The minimum Gasteiger partial charge on any atom is -0.378 e. The Morgan fingerprint density at radius 3 is 2.29 bits per heavy atom. The van der Waals surface area contributed by atoms with Gasteiger partial charge < -0.3 is 19.9 Å². The maximum Gasteiger partial charge on any atom is 0.240 e. The summed E-state index contributed by atoms with van der Waals surface area (Å²) in [5, 5.41) is 13.0. The molecule has 0 saturated carbocycles. The van der Waals surface area contributed by atoms with Gasteiger partial charge in [-0.05, 0) is 63.1 Å². The highest BCUT2D eigenvalue weighted by Gasteiger charge is 2.46. The van der Waals surface area contributed by atoms with Crippen LogP contribution in [0.4, 0.5) is 0 Å². The number of aromatic nitrogens is 4. The Morgan fingerprint density at radius 1 is 0.909 bits per heavy atom. The van der Waals surface area contributed by atoms with Gasteiger partial charge in [0.2, 0.25) is 17.7 Å². The topological polar surface area (TPSA) is 163 Å². The molecule has 7 aliphatic heterocycles. The molecule has 15 nitrogen and oxygen atoms in total. The van der Waals surface area contributed by atoms with Gasteiger partial charge >= 0.3 is 0 Å². The van der Waals surface area contributed by atoms with Crippen LogP contribution in [-0.4, -0.2) is 143 Å². The highest BCUT2D eigenvalue weighted by atomic mass is 32.2. The quantitative estimate of drug-likeness (QED) is 0.388. The Bertz CT molecular complexity index is 2000. The van der Waals surface area contributed by atoms with Crippen molar-refractivity contribution in [3.63, 3.8) is 0 Å². The molecule has 17 heteroatoms. The van der Waals surface area contributed by atoms with E-state index in [4.69, 9.17) is 9.72 Å². The summed E-state index contributed by atoms with van der Waals surface area (Å²) >= 11 is 1.65. The van der Waals surface area contributed by atoms with Gasteiger partial charge in [0.15, 0.2) is 9.84 Å². The summed E-state index contributed by atoms with van der Waals surface area (Å²) in [6, 6.07) is 5.99. The summed E-state index contributed by atoms with van der Waals surface area (Å²) < 4.78 is 31.4. The number of thiazole rings is 1. The molecule has 296 valence electrons. The van der Waals surface area contributed by atoms with E-state index in [1.54, 1.807) is 42.7 Å². The van der Waals surface area contributed by atoms with Gasteiger partial charge in [-0.15, -0.1) is 16.4 Å². The number of nitrogens with one attached hydrogen (secondary N) is 1. The number of hydrogen-bond donors (Lipinski definition) is 1. The first-order valence-corrected chi connectivity index (χ1v) is 22.2. The normalized spacial score (nSPS) is 28.5. The van der Waals surface area contributed by atoms with Crippen LogP contribution in [-0.2, 0) is 48.5 Å². The van der Waals surface area contributed by atoms with Crippen molar-refractivity contribution < 1.29 is 27.5 Å². The molecule has 1 N–H and O–H groups in total. The fourth-order valence-electron chi connectivity index (χ4n) is 9.30. The third kappa shape index (κ3) is 8.08. The number of rotatable bonds is 6. The van der Waals surface area contributed by atoms with Crippen LogP contribution in [0.1, 0.15) is 77.3 Å². The molecule has 9 heterocycles. The average molecular weight is 794 g/mol. The molecule has 55 heavy (non-hydrogen) atoms. The van der Waals surface area contributed by atoms with E-state index in [-0.39, 0.29) is 59.1 Å². The fraction of sp³-hybridized carbons (Fsp3) is 0.632. The predicted molar refractivity (Wildman–Crippen MR) is 204 cm³/mol. The summed E-state index contributed by atoms with van der Waals surface area (Å²) in [4.78, 5) is 57.1. The summed E-state index contributed by atoms with van der Waals surface area (Å²) in [5.41, 5.74) is 2.44. The van der Waals surface area contributed by atoms with Crippen molar-refractivity contribution in [2.24, 2.45) is 0 Å². The van der Waals surface area contributed by atoms with Crippen molar-refractivity contribution >= 4 is 38.9 Å². The van der Waals surface area contributed by atoms with E-state index in [0.29, 0.717) is 65.3 Å². The number of likely N-dealkylation sites (tertiary alicyclic amines) is 1. The SMILES string of the molecule is COCc1cn([C@H]2C[C@H]3C(=O)N4CCC(CC4)c4nc(c(C)s4)CC(=O)N[C@@H]4C[C@@H](C(=O)N5CCC(CC5)N3C2)N(Cc2ccc(S(C)(=O)=O)cc2)C4)nn1. The molecule has 0 unspecified atom stereocenters. The predicted octanol–water partition coefficient (Wildman–Crippen LogP) is 1.92. The van der Waals surface area contributed by atoms with Gasteiger partial charge in [-0.2, -0.15) is 0 Å². The van der Waals surface area contributed by atoms with Gasteiger partial charge in [0.1, 0.15) is 5.69 Å². The van der Waals surface area contributed by atoms with Crippen LogP contribution in [0.3, 0.4) is 0 Å². The minimum absolute atomic E-state index is 0.00259. The van der Waals surface area contributed by atoms with Crippen LogP contribution in [0.2, 0.25) is 0 Å². The van der Waals surface area contributed by atoms with E-state index in [0.717, 1.165) is 52.5 Å². The van der Waals surface area contributed by atoms with Gasteiger partial charge in [-0.3, -0.25) is 24.2 Å². The zero-order valence-corrected chi connectivity index (χ0v) is 33.4. The van der Waals surface area contributed by atoms with Crippen LogP contribution in [0.25, 0.3) is 0 Å². The van der Waals surface area contributed by atoms with Crippen molar-refractivity contribution in [2.75, 3.05) is 52.6 Å². The van der Waals surface area contributed by atoms with Crippen LogP contribution in [0.5, 0.6) is 0 Å². The number of fused-ring (bicyclic) bond motifs is 2. The minimum atomic E-state index is -3.34. The number of sulfone groups is 1. The lowest BCUT2D eigenvalue weighted by Gasteiger charge is -2.41. The Hall–Kier alpha value is -3.77. The van der Waals surface area contributed by atoms with Gasteiger partial charge in [0.05, 0.1) is 52.9 Å². The second kappa shape index (κ2) is 15.6. The lowest BCUT2D eigenvalue weighted by Crippen LogP contribution is -2.55. The highest BCUT2D eigenvalue weighted by Crippen LogP contribution is 2.37. The monoisotopic (exact) mass is 793 g/mol. The molecule has 1 aromatic carbocycles. The molecule has 10 rings (SSSR count). The Morgan fingerprint density at radius 2 is 1.60 bits per heavy atom. The van der Waals surface area contributed by atoms with E-state index in [9.17, 15) is 22.8 Å². The maximum atomic E-state index is 14.4. The Balaban J connectivity index is 1.06. The zero-order valence-electron chi connectivity index (χ0n) is 31.8. The van der Waals surface area contributed by atoms with Crippen molar-refractivity contribution in [3.05, 3.63) is 57.3 Å². The number of aryl methyl sites for hydroxylation is 1. The third-order valence-corrected chi connectivity index (χ3v) is 14.6. The van der Waals surface area contributed by atoms with Crippen LogP contribution < -0.4 is 5.32 Å². The number of benzene rings is 1. The number of piperidine rings is 2. The molecule has 0 spiro atoms. The number of amides is 3. The molecular formula is C38H51N9O6S2. The molecule has 3 aromatic rings. The van der Waals surface area contributed by atoms with E-state index in [2.05, 4.69) is 25.4 Å². The zero-order chi connectivity index (χ0) is 38.4. The average Bonchev–Trinajstić information content (AvgIpc) is 3.98. The molecule has 0 radical (unpaired) electrons. The van der Waals surface area contributed by atoms with Gasteiger partial charge in [0.25, 0.3) is 0 Å². The summed E-state index contributed by atoms with van der Waals surface area (Å²) in [6.07, 6.45) is 7.59. The molecule has 2 aromatic heterocycles. The molecule has 8 bridgehead atoms. The van der Waals surface area contributed by atoms with Gasteiger partial charge in [-0.1, -0.05) is 17.3 Å². The van der Waals surface area contributed by atoms with Crippen LogP contribution in [0.15, 0.2) is 35.4 Å². The first kappa shape index (κ1) is 38.1. The fourth-order valence-corrected chi connectivity index (χ4v) is 11.0. The maximum absolute atomic E-state index is 14.4. The second-order valence-corrected chi connectivity index (χ2v) is 19.2. The number of ether oxygens (including phenoxy) is 1. The number of methoxy groups -OCH3 is 1. The molecule has 4 saturated heterocycles. The second-order valence-electron chi connectivity index (χ2n) is 16.0. The number of nitrogens with zero attached hydrogens (tertiary/aromatic N) is 8. The largest absolute Gasteiger partial charge is 0.378 e. The summed E-state index contributed by atoms with van der Waals surface area (Å²) in [6.45, 7) is 6.51. The molecular weight excluding hydrogens is 743 g/mol. The first-order chi connectivity index (χ1) is 26.4. The first-order valence-electron chi connectivity index (χ1n) is 19.4. The Kier molecular flexibility index (Phi) is 10.8. The van der Waals surface area contributed by atoms with E-state index < -0.39 is 15.9 Å². The van der Waals surface area contributed by atoms with Crippen molar-refractivity contribution in [3.8, 4) is 0 Å². The molecule has 7 aliphatic rings. The summed E-state index contributed by atoms with van der Waals surface area (Å²) in [7, 11) is -1.70. The van der Waals surface area contributed by atoms with E-state index in [1.165, 1.54) is 6.26 Å². The number of carbonyl (C=O) groups is 3. The van der Waals surface area contributed by atoms with E-state index >= 15 is 0 Å². The van der Waals surface area contributed by atoms with Crippen LogP contribution >= 0.6 is 11.3 Å². The molecule has 3 amide bonds. The molecule has 4 fully saturated rings. The Labute approximate surface area is 326 Å². The van der Waals surface area contributed by atoms with Crippen molar-refractivity contribution in [1.29, 1.82) is 0 Å². The highest BCUT2D eigenvalue weighted by molar-refractivity contribution is 7.90. The third-order valence-electron chi connectivity index (χ3n) is 12.3. The molecule has 0 aliphatic carbocycles. The summed E-state index contributed by atoms with van der Waals surface area (Å²) in [5.74, 6) is 0.332. The number of carbonyl (C=O) groups excluding carboxylic acids is 3. The van der Waals surface area contributed by atoms with Crippen molar-refractivity contribution in [2.45, 2.75) is 106 Å². The molecule has 4 atom stereocenters. The lowest BCUT2D eigenvalue weighted by atomic mass is 9.96. The van der Waals surface area contributed by atoms with Gasteiger partial charge in [-0.25, -0.2) is 18.1 Å². The van der Waals surface area contributed by atoms with Gasteiger partial charge in [0, 0.05) is 82.1 Å². The standard InChI is InChI=1S/C38H51N9O6S2/c1-24-32-18-35(48)39-27-16-33(45(20-27)19-25-4-6-31(7-5-25)55(3,51)52)37(49)44-14-10-29(11-15-44)46-22-30(47-21-28(23-53-2)41-42-47)17-34(46)38(50)43-12-8-26(9-13-43)36(40-32)54-24/h4-7,21,26-27,29-30,33-34H,8-20,22-23H2,1-3H3,(H,39,48)/t27-,30+,33+,34+/m1/s1. The van der Waals surface area contributed by atoms with Crippen LogP contribution in [0, 0.1) is 6.92 Å². The van der Waals surface area contributed by atoms with E-state index in [1.807, 2.05) is 27.6 Å². The lowest BCUT2D eigenvalue weighted by molar-refractivity contribution is -0.141.